The van der Waals surface area contributed by atoms with E-state index in [2.05, 4.69) is 24.3 Å². The Morgan fingerprint density at radius 3 is 1.63 bits per heavy atom. The van der Waals surface area contributed by atoms with Crippen LogP contribution in [-0.2, 0) is 19.1 Å². The smallest absolute Gasteiger partial charge is 0.326 e. The summed E-state index contributed by atoms with van der Waals surface area (Å²) in [5.41, 5.74) is 4.51. The Kier molecular flexibility index (Phi) is 3.47. The second-order valence-electron chi connectivity index (χ2n) is 7.33. The highest BCUT2D eigenvalue weighted by molar-refractivity contribution is 6.09. The molecule has 2 atom stereocenters. The van der Waals surface area contributed by atoms with Crippen LogP contribution in [0.15, 0.2) is 48.5 Å². The third-order valence-electron chi connectivity index (χ3n) is 6.13. The van der Waals surface area contributed by atoms with Crippen molar-refractivity contribution in [2.75, 3.05) is 13.2 Å². The number of carbonyl (C=O) groups excluding carboxylic acids is 3. The molecular weight excluding hydrogens is 342 g/mol. The van der Waals surface area contributed by atoms with Crippen LogP contribution in [0, 0.1) is 11.8 Å². The van der Waals surface area contributed by atoms with E-state index in [9.17, 15) is 14.4 Å². The van der Waals surface area contributed by atoms with Crippen LogP contribution in [0.5, 0.6) is 0 Å². The molecule has 0 aromatic heterocycles. The highest BCUT2D eigenvalue weighted by atomic mass is 16.5. The zero-order valence-corrected chi connectivity index (χ0v) is 14.9. The fourth-order valence-electron chi connectivity index (χ4n) is 5.23. The van der Waals surface area contributed by atoms with Crippen LogP contribution >= 0.6 is 0 Å². The van der Waals surface area contributed by atoms with E-state index in [0.29, 0.717) is 0 Å². The Hall–Kier alpha value is -2.95. The van der Waals surface area contributed by atoms with Gasteiger partial charge in [0.1, 0.15) is 6.54 Å². The van der Waals surface area contributed by atoms with Gasteiger partial charge in [-0.15, -0.1) is 0 Å². The van der Waals surface area contributed by atoms with Gasteiger partial charge >= 0.3 is 5.97 Å². The lowest BCUT2D eigenvalue weighted by atomic mass is 9.55. The molecule has 2 unspecified atom stereocenters. The van der Waals surface area contributed by atoms with E-state index < -0.39 is 17.8 Å². The lowest BCUT2D eigenvalue weighted by molar-refractivity contribution is -0.152. The average Bonchev–Trinajstić information content (AvgIpc) is 2.94. The number of nitrogens with zero attached hydrogens (tertiary/aromatic N) is 1. The first-order valence-corrected chi connectivity index (χ1v) is 9.32. The van der Waals surface area contributed by atoms with E-state index in [4.69, 9.17) is 4.74 Å². The largest absolute Gasteiger partial charge is 0.465 e. The molecule has 2 amide bonds. The molecule has 2 aromatic carbocycles. The first-order chi connectivity index (χ1) is 13.1. The number of amides is 2. The van der Waals surface area contributed by atoms with Crippen LogP contribution in [0.25, 0.3) is 0 Å². The summed E-state index contributed by atoms with van der Waals surface area (Å²) in [6.07, 6.45) is 0. The van der Waals surface area contributed by atoms with Crippen molar-refractivity contribution < 1.29 is 19.1 Å². The summed E-state index contributed by atoms with van der Waals surface area (Å²) in [5, 5.41) is 0. The van der Waals surface area contributed by atoms with Gasteiger partial charge in [0.15, 0.2) is 0 Å². The van der Waals surface area contributed by atoms with Gasteiger partial charge < -0.3 is 4.74 Å². The zero-order chi connectivity index (χ0) is 18.7. The first-order valence-electron chi connectivity index (χ1n) is 9.32. The SMILES string of the molecule is CCOC(=O)CN1C(=O)C2C3c4ccccc4C(c4ccccc43)C2C1=O. The number of imide groups is 1. The molecule has 1 fully saturated rings. The maximum atomic E-state index is 13.2. The third-order valence-corrected chi connectivity index (χ3v) is 6.13. The monoisotopic (exact) mass is 361 g/mol. The van der Waals surface area contributed by atoms with Crippen LogP contribution in [0.1, 0.15) is 41.0 Å². The first kappa shape index (κ1) is 16.2. The van der Waals surface area contributed by atoms with Crippen molar-refractivity contribution in [1.82, 2.24) is 4.90 Å². The summed E-state index contributed by atoms with van der Waals surface area (Å²) in [6, 6.07) is 16.2. The highest BCUT2D eigenvalue weighted by Gasteiger charge is 2.61. The maximum Gasteiger partial charge on any atom is 0.326 e. The molecule has 27 heavy (non-hydrogen) atoms. The average molecular weight is 361 g/mol. The molecule has 1 heterocycles. The van der Waals surface area contributed by atoms with E-state index in [1.807, 2.05) is 24.3 Å². The fraction of sp³-hybridized carbons (Fsp3) is 0.318. The molecule has 5 heteroatoms. The van der Waals surface area contributed by atoms with Crippen molar-refractivity contribution in [3.63, 3.8) is 0 Å². The predicted molar refractivity (Wildman–Crippen MR) is 96.9 cm³/mol. The number of esters is 1. The van der Waals surface area contributed by atoms with Crippen molar-refractivity contribution in [2.45, 2.75) is 18.8 Å². The minimum absolute atomic E-state index is 0.143. The summed E-state index contributed by atoms with van der Waals surface area (Å²) < 4.78 is 4.96. The van der Waals surface area contributed by atoms with E-state index >= 15 is 0 Å². The van der Waals surface area contributed by atoms with E-state index in [1.165, 1.54) is 0 Å². The van der Waals surface area contributed by atoms with Gasteiger partial charge in [-0.25, -0.2) is 0 Å². The van der Waals surface area contributed by atoms with Gasteiger partial charge in [-0.2, -0.15) is 0 Å². The van der Waals surface area contributed by atoms with Gasteiger partial charge in [0.25, 0.3) is 0 Å². The van der Waals surface area contributed by atoms with Crippen molar-refractivity contribution in [3.8, 4) is 0 Å². The van der Waals surface area contributed by atoms with Gasteiger partial charge in [0, 0.05) is 11.8 Å². The molecular formula is C22H19NO4. The molecule has 136 valence electrons. The lowest BCUT2D eigenvalue weighted by Gasteiger charge is -2.45. The van der Waals surface area contributed by atoms with Crippen molar-refractivity contribution >= 4 is 17.8 Å². The van der Waals surface area contributed by atoms with Crippen LogP contribution in [-0.4, -0.2) is 35.8 Å². The van der Waals surface area contributed by atoms with Crippen LogP contribution < -0.4 is 0 Å². The molecule has 5 nitrogen and oxygen atoms in total. The van der Waals surface area contributed by atoms with E-state index in [1.54, 1.807) is 6.92 Å². The highest BCUT2D eigenvalue weighted by Crippen LogP contribution is 2.60. The minimum Gasteiger partial charge on any atom is -0.465 e. The predicted octanol–water partition coefficient (Wildman–Crippen LogP) is 2.44. The Labute approximate surface area is 156 Å². The van der Waals surface area contributed by atoms with Gasteiger partial charge in [0.2, 0.25) is 11.8 Å². The van der Waals surface area contributed by atoms with E-state index in [0.717, 1.165) is 27.2 Å². The number of ether oxygens (including phenoxy) is 1. The molecule has 0 N–H and O–H groups in total. The molecule has 3 aliphatic carbocycles. The van der Waals surface area contributed by atoms with Crippen LogP contribution in [0.2, 0.25) is 0 Å². The van der Waals surface area contributed by atoms with Crippen LogP contribution in [0.3, 0.4) is 0 Å². The Morgan fingerprint density at radius 2 is 1.26 bits per heavy atom. The van der Waals surface area contributed by atoms with E-state index in [-0.39, 0.29) is 36.8 Å². The molecule has 0 radical (unpaired) electrons. The van der Waals surface area contributed by atoms with Crippen LogP contribution in [0.4, 0.5) is 0 Å². The van der Waals surface area contributed by atoms with Crippen molar-refractivity contribution in [1.29, 1.82) is 0 Å². The lowest BCUT2D eigenvalue weighted by Crippen LogP contribution is -2.41. The second-order valence-corrected chi connectivity index (χ2v) is 7.33. The molecule has 0 spiro atoms. The summed E-state index contributed by atoms with van der Waals surface area (Å²) in [6.45, 7) is 1.63. The fourth-order valence-corrected chi connectivity index (χ4v) is 5.23. The summed E-state index contributed by atoms with van der Waals surface area (Å²) >= 11 is 0. The van der Waals surface area contributed by atoms with Gasteiger partial charge in [-0.05, 0) is 29.2 Å². The number of hydrogen-bond donors (Lipinski definition) is 0. The molecule has 2 bridgehead atoms. The quantitative estimate of drug-likeness (QED) is 0.622. The Bertz CT molecular complexity index is 866. The molecule has 0 saturated carbocycles. The van der Waals surface area contributed by atoms with Gasteiger partial charge in [-0.1, -0.05) is 48.5 Å². The Morgan fingerprint density at radius 1 is 0.852 bits per heavy atom. The topological polar surface area (TPSA) is 63.7 Å². The number of likely N-dealkylation sites (tertiary alicyclic amines) is 1. The number of rotatable bonds is 3. The number of carbonyl (C=O) groups is 3. The summed E-state index contributed by atoms with van der Waals surface area (Å²) in [7, 11) is 0. The Balaban J connectivity index is 1.64. The second kappa shape index (κ2) is 5.78. The summed E-state index contributed by atoms with van der Waals surface area (Å²) in [5.74, 6) is -2.22. The molecule has 2 aromatic rings. The molecule has 1 aliphatic heterocycles. The third kappa shape index (κ3) is 2.08. The van der Waals surface area contributed by atoms with Crippen molar-refractivity contribution in [2.24, 2.45) is 11.8 Å². The van der Waals surface area contributed by atoms with Crippen molar-refractivity contribution in [3.05, 3.63) is 70.8 Å². The van der Waals surface area contributed by atoms with Gasteiger partial charge in [0.05, 0.1) is 18.4 Å². The number of hydrogen-bond acceptors (Lipinski definition) is 4. The standard InChI is InChI=1S/C22H19NO4/c1-2-27-16(24)11-23-21(25)19-17-12-7-3-4-8-13(12)18(20(19)22(23)26)15-10-6-5-9-14(15)17/h3-10,17-20H,2,11H2,1H3. The molecule has 4 aliphatic rings. The summed E-state index contributed by atoms with van der Waals surface area (Å²) in [4.78, 5) is 39.5. The zero-order valence-electron chi connectivity index (χ0n) is 14.9. The number of benzene rings is 2. The maximum absolute atomic E-state index is 13.2. The normalized spacial score (nSPS) is 27.2. The molecule has 6 rings (SSSR count). The molecule has 1 saturated heterocycles. The minimum atomic E-state index is -0.541. The van der Waals surface area contributed by atoms with Gasteiger partial charge in [-0.3, -0.25) is 19.3 Å².